The molecule has 1 fully saturated rings. The van der Waals surface area contributed by atoms with Crippen molar-refractivity contribution in [2.45, 2.75) is 43.2 Å². The fraction of sp³-hybridized carbons (Fsp3) is 0.273. The van der Waals surface area contributed by atoms with Crippen LogP contribution in [-0.2, 0) is 11.2 Å². The second-order valence-corrected chi connectivity index (χ2v) is 10.6. The van der Waals surface area contributed by atoms with Crippen LogP contribution in [0, 0.1) is 5.41 Å². The highest BCUT2D eigenvalue weighted by atomic mass is 32.1. The molecule has 3 aromatic rings. The van der Waals surface area contributed by atoms with Crippen molar-refractivity contribution in [3.63, 3.8) is 0 Å². The maximum atomic E-state index is 10.1. The summed E-state index contributed by atoms with van der Waals surface area (Å²) in [7, 11) is 0. The predicted octanol–water partition coefficient (Wildman–Crippen LogP) is 5.48. The van der Waals surface area contributed by atoms with Gasteiger partial charge in [0.2, 0.25) is 0 Å². The molecule has 1 heterocycles. The fourth-order valence-electron chi connectivity index (χ4n) is 4.31. The van der Waals surface area contributed by atoms with E-state index in [1.165, 1.54) is 6.08 Å². The summed E-state index contributed by atoms with van der Waals surface area (Å²) in [5, 5.41) is 16.0. The number of nitrogens with one attached hydrogen (secondary N) is 1. The van der Waals surface area contributed by atoms with Crippen LogP contribution in [0.25, 0.3) is 11.8 Å². The maximum absolute atomic E-state index is 10.1. The number of hydrogen-bond acceptors (Lipinski definition) is 7. The highest BCUT2D eigenvalue weighted by molar-refractivity contribution is 7.80. The van der Waals surface area contributed by atoms with Gasteiger partial charge >= 0.3 is 5.97 Å². The summed E-state index contributed by atoms with van der Waals surface area (Å²) >= 11 is 4.10. The number of carboxylic acid groups (broad SMARTS) is 1. The van der Waals surface area contributed by atoms with Gasteiger partial charge in [0, 0.05) is 54.2 Å². The van der Waals surface area contributed by atoms with E-state index in [4.69, 9.17) is 31.5 Å². The molecule has 0 bridgehead atoms. The normalized spacial score (nSPS) is 14.0. The molecule has 6 N–H and O–H groups in total. The van der Waals surface area contributed by atoms with Gasteiger partial charge in [0.25, 0.3) is 0 Å². The van der Waals surface area contributed by atoms with Crippen LogP contribution in [0.2, 0.25) is 0 Å². The second kappa shape index (κ2) is 16.3. The van der Waals surface area contributed by atoms with Crippen molar-refractivity contribution in [1.82, 2.24) is 4.90 Å². The van der Waals surface area contributed by atoms with Crippen LogP contribution in [0.4, 0.5) is 0 Å². The lowest BCUT2D eigenvalue weighted by Gasteiger charge is -2.32. The van der Waals surface area contributed by atoms with Gasteiger partial charge in [-0.25, -0.2) is 4.79 Å². The topological polar surface area (TPSA) is 135 Å². The Morgan fingerprint density at radius 3 is 2.38 bits per heavy atom. The largest absolute Gasteiger partial charge is 0.492 e. The number of carbonyl (C=O) groups is 1. The molecule has 8 nitrogen and oxygen atoms in total. The van der Waals surface area contributed by atoms with Gasteiger partial charge in [0.1, 0.15) is 24.2 Å². The Morgan fingerprint density at radius 1 is 1.12 bits per heavy atom. The fourth-order valence-corrected chi connectivity index (χ4v) is 4.46. The number of hydrogen-bond donors (Lipinski definition) is 5. The van der Waals surface area contributed by atoms with Gasteiger partial charge in [0.15, 0.2) is 0 Å². The van der Waals surface area contributed by atoms with Gasteiger partial charge in [-0.15, -0.1) is 12.6 Å². The Kier molecular flexibility index (Phi) is 12.5. The lowest BCUT2D eigenvalue weighted by Crippen LogP contribution is -2.40. The summed E-state index contributed by atoms with van der Waals surface area (Å²) in [4.78, 5) is 13.1. The van der Waals surface area contributed by atoms with Crippen LogP contribution in [0.5, 0.6) is 11.5 Å². The molecule has 42 heavy (non-hydrogen) atoms. The molecule has 9 heteroatoms. The number of thiol groups is 1. The molecule has 1 aliphatic heterocycles. The van der Waals surface area contributed by atoms with Crippen molar-refractivity contribution in [2.75, 3.05) is 19.7 Å². The molecule has 0 aliphatic carbocycles. The molecule has 222 valence electrons. The number of nitrogens with zero attached hydrogens (tertiary/aromatic N) is 1. The van der Waals surface area contributed by atoms with E-state index in [1.807, 2.05) is 67.6 Å². The number of aliphatic carboxylic acids is 1. The second-order valence-electron chi connectivity index (χ2n) is 10.1. The summed E-state index contributed by atoms with van der Waals surface area (Å²) in [6.45, 7) is 7.77. The smallest absolute Gasteiger partial charge is 0.328 e. The summed E-state index contributed by atoms with van der Waals surface area (Å²) in [5.74, 6) is 1.32. The van der Waals surface area contributed by atoms with Gasteiger partial charge in [-0.1, -0.05) is 43.0 Å². The summed E-state index contributed by atoms with van der Waals surface area (Å²) < 4.78 is 11.9. The molecule has 0 aromatic heterocycles. The number of rotatable bonds is 10. The molecule has 1 atom stereocenters. The Balaban J connectivity index is 0.000000337. The quantitative estimate of drug-likeness (QED) is 0.0916. The SMILES string of the molecule is C=C(N)c1cccc(OC[C@@H](N)Cc2ccc(OC3CCN(C(C)=N)CC3)cc2)c1.O=C(O)/C=C/c1ccc(S)cc1. The third kappa shape index (κ3) is 11.3. The number of piperidine rings is 1. The number of carboxylic acids is 1. The van der Waals surface area contributed by atoms with Gasteiger partial charge in [-0.05, 0) is 66.9 Å². The molecular weight excluding hydrogens is 548 g/mol. The van der Waals surface area contributed by atoms with E-state index >= 15 is 0 Å². The number of amidine groups is 1. The van der Waals surface area contributed by atoms with Gasteiger partial charge < -0.3 is 30.9 Å². The first kappa shape index (κ1) is 32.3. The minimum atomic E-state index is -0.940. The zero-order valence-electron chi connectivity index (χ0n) is 23.9. The van der Waals surface area contributed by atoms with E-state index in [0.717, 1.165) is 71.5 Å². The van der Waals surface area contributed by atoms with Crippen molar-refractivity contribution < 1.29 is 19.4 Å². The van der Waals surface area contributed by atoms with E-state index < -0.39 is 5.97 Å². The first-order valence-corrected chi connectivity index (χ1v) is 14.2. The standard InChI is InChI=1S/C24H32N4O2.C9H8O2S/c1-17(25)20-4-3-5-24(15-20)29-16-21(27)14-19-6-8-22(9-7-19)30-23-10-12-28(13-11-23)18(2)26;10-9(11)6-3-7-1-4-8(12)5-2-7/h3-9,15,21,23,26H,1,10-14,16,25,27H2,2H3;1-6,12H,(H,10,11)/b;6-3+/t21-;/m0./s1. The average molecular weight is 589 g/mol. The van der Waals surface area contributed by atoms with Gasteiger partial charge in [-0.2, -0.15) is 0 Å². The average Bonchev–Trinajstić information content (AvgIpc) is 2.97. The molecule has 0 radical (unpaired) electrons. The lowest BCUT2D eigenvalue weighted by molar-refractivity contribution is -0.131. The Bertz CT molecular complexity index is 1350. The lowest BCUT2D eigenvalue weighted by atomic mass is 10.1. The van der Waals surface area contributed by atoms with E-state index in [9.17, 15) is 4.79 Å². The van der Waals surface area contributed by atoms with Crippen molar-refractivity contribution in [3.05, 3.63) is 102 Å². The van der Waals surface area contributed by atoms with Crippen molar-refractivity contribution in [1.29, 1.82) is 5.41 Å². The summed E-state index contributed by atoms with van der Waals surface area (Å²) in [6, 6.07) is 22.8. The molecule has 3 aromatic carbocycles. The van der Waals surface area contributed by atoms with E-state index in [1.54, 1.807) is 0 Å². The number of nitrogens with two attached hydrogens (primary N) is 2. The first-order chi connectivity index (χ1) is 20.1. The molecular formula is C33H40N4O4S. The van der Waals surface area contributed by atoms with Crippen LogP contribution >= 0.6 is 12.6 Å². The molecule has 1 saturated heterocycles. The molecule has 0 amide bonds. The number of ether oxygens (including phenoxy) is 2. The molecule has 4 rings (SSSR count). The van der Waals surface area contributed by atoms with Crippen LogP contribution in [0.1, 0.15) is 36.5 Å². The number of likely N-dealkylation sites (tertiary alicyclic amines) is 1. The third-order valence-corrected chi connectivity index (χ3v) is 6.92. The Hall–Kier alpha value is -4.21. The molecule has 0 spiro atoms. The number of benzene rings is 3. The Labute approximate surface area is 253 Å². The minimum Gasteiger partial charge on any atom is -0.492 e. The highest BCUT2D eigenvalue weighted by Gasteiger charge is 2.20. The van der Waals surface area contributed by atoms with E-state index in [-0.39, 0.29) is 12.1 Å². The maximum Gasteiger partial charge on any atom is 0.328 e. The van der Waals surface area contributed by atoms with Crippen molar-refractivity contribution in [2.24, 2.45) is 11.5 Å². The van der Waals surface area contributed by atoms with Crippen molar-refractivity contribution >= 4 is 36.2 Å². The van der Waals surface area contributed by atoms with Crippen LogP contribution in [0.3, 0.4) is 0 Å². The predicted molar refractivity (Wildman–Crippen MR) is 172 cm³/mol. The zero-order valence-corrected chi connectivity index (χ0v) is 24.8. The van der Waals surface area contributed by atoms with Gasteiger partial charge in [-0.3, -0.25) is 5.41 Å². The van der Waals surface area contributed by atoms with E-state index in [0.29, 0.717) is 18.1 Å². The Morgan fingerprint density at radius 2 is 1.79 bits per heavy atom. The van der Waals surface area contributed by atoms with Crippen LogP contribution in [0.15, 0.2) is 90.3 Å². The minimum absolute atomic E-state index is 0.116. The monoisotopic (exact) mass is 588 g/mol. The molecule has 0 saturated carbocycles. The first-order valence-electron chi connectivity index (χ1n) is 13.8. The highest BCUT2D eigenvalue weighted by Crippen LogP contribution is 2.21. The third-order valence-electron chi connectivity index (χ3n) is 6.62. The summed E-state index contributed by atoms with van der Waals surface area (Å²) in [5.41, 5.74) is 15.4. The van der Waals surface area contributed by atoms with Crippen molar-refractivity contribution in [3.8, 4) is 11.5 Å². The molecule has 0 unspecified atom stereocenters. The van der Waals surface area contributed by atoms with Crippen LogP contribution in [-0.4, -0.2) is 53.7 Å². The van der Waals surface area contributed by atoms with Gasteiger partial charge in [0.05, 0.1) is 5.84 Å². The summed E-state index contributed by atoms with van der Waals surface area (Å²) in [6.07, 6.45) is 5.46. The zero-order chi connectivity index (χ0) is 30.5. The molecule has 1 aliphatic rings. The van der Waals surface area contributed by atoms with Crippen LogP contribution < -0.4 is 20.9 Å². The van der Waals surface area contributed by atoms with E-state index in [2.05, 4.69) is 36.2 Å².